The van der Waals surface area contributed by atoms with Gasteiger partial charge in [0, 0.05) is 10.9 Å². The van der Waals surface area contributed by atoms with E-state index in [9.17, 15) is 4.39 Å². The lowest BCUT2D eigenvalue weighted by Gasteiger charge is -2.08. The molecule has 0 bridgehead atoms. The minimum atomic E-state index is -0.156. The summed E-state index contributed by atoms with van der Waals surface area (Å²) in [7, 11) is 1.96. The number of hydrogen-bond acceptors (Lipinski definition) is 2. The number of halogens is 1. The van der Waals surface area contributed by atoms with Gasteiger partial charge in [-0.25, -0.2) is 4.39 Å². The van der Waals surface area contributed by atoms with Crippen LogP contribution in [0.1, 0.15) is 13.3 Å². The molecule has 3 heteroatoms. The Hall–Kier alpha value is -0.540. The summed E-state index contributed by atoms with van der Waals surface area (Å²) >= 11 is 1.70. The Morgan fingerprint density at radius 2 is 2.29 bits per heavy atom. The van der Waals surface area contributed by atoms with Gasteiger partial charge in [0.25, 0.3) is 0 Å². The van der Waals surface area contributed by atoms with Gasteiger partial charge < -0.3 is 5.32 Å². The van der Waals surface area contributed by atoms with Crippen LogP contribution in [-0.4, -0.2) is 18.8 Å². The van der Waals surface area contributed by atoms with Crippen molar-refractivity contribution in [3.63, 3.8) is 0 Å². The molecule has 0 amide bonds. The molecule has 0 aliphatic heterocycles. The third-order valence-corrected chi connectivity index (χ3v) is 3.14. The number of thioether (sulfide) groups is 1. The second-order valence-corrected chi connectivity index (χ2v) is 4.45. The normalized spacial score (nSPS) is 12.8. The fourth-order valence-corrected chi connectivity index (χ4v) is 2.13. The molecule has 1 unspecified atom stereocenters. The average molecular weight is 213 g/mol. The van der Waals surface area contributed by atoms with Crippen molar-refractivity contribution < 1.29 is 4.39 Å². The van der Waals surface area contributed by atoms with Crippen LogP contribution in [0.25, 0.3) is 0 Å². The highest BCUT2D eigenvalue weighted by Crippen LogP contribution is 2.19. The standard InChI is InChI=1S/C11H16FNS/c1-9(13-2)6-7-14-11-5-3-4-10(12)8-11/h3-5,8-9,13H,6-7H2,1-2H3. The zero-order valence-electron chi connectivity index (χ0n) is 8.59. The number of hydrogen-bond donors (Lipinski definition) is 1. The Morgan fingerprint density at radius 1 is 1.50 bits per heavy atom. The maximum atomic E-state index is 12.8. The van der Waals surface area contributed by atoms with Gasteiger partial charge in [0.15, 0.2) is 0 Å². The molecule has 0 heterocycles. The molecule has 0 radical (unpaired) electrons. The quantitative estimate of drug-likeness (QED) is 0.755. The van der Waals surface area contributed by atoms with Crippen molar-refractivity contribution >= 4 is 11.8 Å². The van der Waals surface area contributed by atoms with Crippen LogP contribution in [0.5, 0.6) is 0 Å². The van der Waals surface area contributed by atoms with Gasteiger partial charge in [0.05, 0.1) is 0 Å². The molecular weight excluding hydrogens is 197 g/mol. The van der Waals surface area contributed by atoms with Gasteiger partial charge in [-0.1, -0.05) is 6.07 Å². The molecule has 0 fully saturated rings. The molecule has 78 valence electrons. The van der Waals surface area contributed by atoms with Crippen LogP contribution in [0.2, 0.25) is 0 Å². The molecular formula is C11H16FNS. The molecule has 1 N–H and O–H groups in total. The molecule has 0 aliphatic rings. The zero-order valence-corrected chi connectivity index (χ0v) is 9.40. The molecule has 1 nitrogen and oxygen atoms in total. The molecule has 14 heavy (non-hydrogen) atoms. The third-order valence-electron chi connectivity index (χ3n) is 2.11. The second kappa shape index (κ2) is 6.04. The van der Waals surface area contributed by atoms with Crippen molar-refractivity contribution in [1.82, 2.24) is 5.32 Å². The fraction of sp³-hybridized carbons (Fsp3) is 0.455. The van der Waals surface area contributed by atoms with Gasteiger partial charge in [0.2, 0.25) is 0 Å². The van der Waals surface area contributed by atoms with E-state index in [2.05, 4.69) is 12.2 Å². The highest BCUT2D eigenvalue weighted by atomic mass is 32.2. The highest BCUT2D eigenvalue weighted by Gasteiger charge is 1.99. The van der Waals surface area contributed by atoms with Gasteiger partial charge in [0.1, 0.15) is 5.82 Å². The van der Waals surface area contributed by atoms with E-state index >= 15 is 0 Å². The van der Waals surface area contributed by atoms with Crippen molar-refractivity contribution in [3.8, 4) is 0 Å². The Morgan fingerprint density at radius 3 is 2.93 bits per heavy atom. The predicted molar refractivity (Wildman–Crippen MR) is 60.3 cm³/mol. The van der Waals surface area contributed by atoms with Gasteiger partial charge in [-0.15, -0.1) is 11.8 Å². The summed E-state index contributed by atoms with van der Waals surface area (Å²) < 4.78 is 12.8. The molecule has 1 atom stereocenters. The zero-order chi connectivity index (χ0) is 10.4. The minimum Gasteiger partial charge on any atom is -0.317 e. The summed E-state index contributed by atoms with van der Waals surface area (Å²) in [5.41, 5.74) is 0. The van der Waals surface area contributed by atoms with Crippen molar-refractivity contribution in [3.05, 3.63) is 30.1 Å². The third kappa shape index (κ3) is 4.11. The molecule has 1 aromatic carbocycles. The van der Waals surface area contributed by atoms with Crippen LogP contribution < -0.4 is 5.32 Å². The van der Waals surface area contributed by atoms with Gasteiger partial charge in [-0.05, 0) is 44.3 Å². The molecule has 0 saturated heterocycles. The summed E-state index contributed by atoms with van der Waals surface area (Å²) in [5.74, 6) is 0.863. The summed E-state index contributed by atoms with van der Waals surface area (Å²) in [6, 6.07) is 7.27. The second-order valence-electron chi connectivity index (χ2n) is 3.28. The van der Waals surface area contributed by atoms with Gasteiger partial charge in [-0.3, -0.25) is 0 Å². The maximum absolute atomic E-state index is 12.8. The molecule has 1 aromatic rings. The molecule has 0 saturated carbocycles. The van der Waals surface area contributed by atoms with E-state index in [1.165, 1.54) is 6.07 Å². The van der Waals surface area contributed by atoms with E-state index in [-0.39, 0.29) is 5.82 Å². The first-order valence-corrected chi connectivity index (χ1v) is 5.76. The van der Waals surface area contributed by atoms with Crippen molar-refractivity contribution in [2.24, 2.45) is 0 Å². The smallest absolute Gasteiger partial charge is 0.124 e. The van der Waals surface area contributed by atoms with E-state index in [1.807, 2.05) is 13.1 Å². The predicted octanol–water partition coefficient (Wildman–Crippen LogP) is 2.92. The van der Waals surface area contributed by atoms with Gasteiger partial charge >= 0.3 is 0 Å². The van der Waals surface area contributed by atoms with E-state index in [0.717, 1.165) is 17.1 Å². The Labute approximate surface area is 89.1 Å². The van der Waals surface area contributed by atoms with Crippen LogP contribution in [0.15, 0.2) is 29.2 Å². The maximum Gasteiger partial charge on any atom is 0.124 e. The molecule has 1 rings (SSSR count). The highest BCUT2D eigenvalue weighted by molar-refractivity contribution is 7.99. The van der Waals surface area contributed by atoms with Crippen molar-refractivity contribution in [2.75, 3.05) is 12.8 Å². The number of nitrogens with one attached hydrogen (secondary N) is 1. The summed E-state index contributed by atoms with van der Waals surface area (Å²) in [4.78, 5) is 1.01. The number of rotatable bonds is 5. The first-order valence-electron chi connectivity index (χ1n) is 4.78. The van der Waals surface area contributed by atoms with E-state index in [0.29, 0.717) is 6.04 Å². The van der Waals surface area contributed by atoms with Crippen molar-refractivity contribution in [2.45, 2.75) is 24.3 Å². The van der Waals surface area contributed by atoms with Crippen LogP contribution in [-0.2, 0) is 0 Å². The van der Waals surface area contributed by atoms with E-state index in [1.54, 1.807) is 23.9 Å². The SMILES string of the molecule is CNC(C)CCSc1cccc(F)c1. The Balaban J connectivity index is 2.31. The van der Waals surface area contributed by atoms with E-state index < -0.39 is 0 Å². The van der Waals surface area contributed by atoms with Crippen LogP contribution in [0, 0.1) is 5.82 Å². The lowest BCUT2D eigenvalue weighted by atomic mass is 10.3. The molecule has 0 spiro atoms. The molecule has 0 aliphatic carbocycles. The first kappa shape index (κ1) is 11.5. The average Bonchev–Trinajstić information content (AvgIpc) is 2.17. The van der Waals surface area contributed by atoms with Crippen LogP contribution in [0.3, 0.4) is 0 Å². The molecule has 0 aromatic heterocycles. The minimum absolute atomic E-state index is 0.156. The topological polar surface area (TPSA) is 12.0 Å². The van der Waals surface area contributed by atoms with Gasteiger partial charge in [-0.2, -0.15) is 0 Å². The fourth-order valence-electron chi connectivity index (χ4n) is 1.05. The van der Waals surface area contributed by atoms with E-state index in [4.69, 9.17) is 0 Å². The lowest BCUT2D eigenvalue weighted by molar-refractivity contribution is 0.597. The Kier molecular flexibility index (Phi) is 4.98. The van der Waals surface area contributed by atoms with Crippen molar-refractivity contribution in [1.29, 1.82) is 0 Å². The van der Waals surface area contributed by atoms with Crippen LogP contribution in [0.4, 0.5) is 4.39 Å². The Bertz CT molecular complexity index is 278. The lowest BCUT2D eigenvalue weighted by Crippen LogP contribution is -2.21. The number of benzene rings is 1. The largest absolute Gasteiger partial charge is 0.317 e. The summed E-state index contributed by atoms with van der Waals surface area (Å²) in [5, 5.41) is 3.18. The van der Waals surface area contributed by atoms with Crippen LogP contribution >= 0.6 is 11.8 Å². The monoisotopic (exact) mass is 213 g/mol. The first-order chi connectivity index (χ1) is 6.72. The summed E-state index contributed by atoms with van der Waals surface area (Å²) in [6.07, 6.45) is 1.09. The summed E-state index contributed by atoms with van der Waals surface area (Å²) in [6.45, 7) is 2.14.